The molecule has 1 aromatic rings. The molecule has 0 unspecified atom stereocenters. The van der Waals surface area contributed by atoms with Crippen molar-refractivity contribution in [1.29, 1.82) is 0 Å². The zero-order valence-electron chi connectivity index (χ0n) is 8.07. The third-order valence-electron chi connectivity index (χ3n) is 1.89. The third kappa shape index (κ3) is 2.50. The average Bonchev–Trinajstić information content (AvgIpc) is 1.99. The maximum atomic E-state index is 12.6. The van der Waals surface area contributed by atoms with Crippen molar-refractivity contribution in [1.82, 2.24) is 0 Å². The van der Waals surface area contributed by atoms with Crippen molar-refractivity contribution in [3.05, 3.63) is 33.8 Å². The van der Waals surface area contributed by atoms with E-state index < -0.39 is 23.1 Å². The number of benzene rings is 1. The lowest BCUT2D eigenvalue weighted by Gasteiger charge is -2.13. The van der Waals surface area contributed by atoms with Gasteiger partial charge in [-0.15, -0.1) is 0 Å². The van der Waals surface area contributed by atoms with Gasteiger partial charge < -0.3 is 0 Å². The summed E-state index contributed by atoms with van der Waals surface area (Å²) in [6, 6.07) is 2.26. The van der Waals surface area contributed by atoms with Gasteiger partial charge in [0.25, 0.3) is 0 Å². The Kier molecular flexibility index (Phi) is 3.09. The van der Waals surface area contributed by atoms with Crippen molar-refractivity contribution in [2.75, 3.05) is 0 Å². The van der Waals surface area contributed by atoms with Gasteiger partial charge in [-0.3, -0.25) is 4.79 Å². The highest BCUT2D eigenvalue weighted by Crippen LogP contribution is 2.36. The van der Waals surface area contributed by atoms with Crippen molar-refractivity contribution < 1.29 is 18.0 Å². The summed E-state index contributed by atoms with van der Waals surface area (Å²) in [6.45, 7) is 2.55. The van der Waals surface area contributed by atoms with Crippen LogP contribution in [0.1, 0.15) is 28.4 Å². The highest BCUT2D eigenvalue weighted by atomic mass is 35.5. The fourth-order valence-electron chi connectivity index (χ4n) is 1.32. The molecule has 82 valence electrons. The van der Waals surface area contributed by atoms with E-state index in [0.717, 1.165) is 13.0 Å². The van der Waals surface area contributed by atoms with Gasteiger partial charge in [0.05, 0.1) is 10.6 Å². The van der Waals surface area contributed by atoms with E-state index in [1.54, 1.807) is 0 Å². The Morgan fingerprint density at radius 3 is 2.27 bits per heavy atom. The summed E-state index contributed by atoms with van der Waals surface area (Å²) in [7, 11) is 0. The van der Waals surface area contributed by atoms with Gasteiger partial charge in [-0.1, -0.05) is 11.6 Å². The molecular weight excluding hydrogens is 229 g/mol. The Hall–Kier alpha value is -1.03. The van der Waals surface area contributed by atoms with E-state index in [1.807, 2.05) is 0 Å². The number of hydrogen-bond acceptors (Lipinski definition) is 1. The SMILES string of the molecule is CC(=O)c1c(Cl)cc(C)cc1C(F)(F)F. The van der Waals surface area contributed by atoms with E-state index in [9.17, 15) is 18.0 Å². The second-order valence-corrected chi connectivity index (χ2v) is 3.63. The van der Waals surface area contributed by atoms with Crippen molar-refractivity contribution >= 4 is 17.4 Å². The molecule has 0 aliphatic heterocycles. The summed E-state index contributed by atoms with van der Waals surface area (Å²) < 4.78 is 37.7. The smallest absolute Gasteiger partial charge is 0.294 e. The molecule has 15 heavy (non-hydrogen) atoms. The molecule has 0 aromatic heterocycles. The average molecular weight is 237 g/mol. The molecule has 1 rings (SSSR count). The predicted octanol–water partition coefficient (Wildman–Crippen LogP) is 3.87. The molecule has 1 nitrogen and oxygen atoms in total. The molecule has 0 aliphatic rings. The number of ketones is 1. The van der Waals surface area contributed by atoms with Crippen molar-refractivity contribution in [3.63, 3.8) is 0 Å². The van der Waals surface area contributed by atoms with Crippen LogP contribution in [-0.2, 0) is 6.18 Å². The first-order chi connectivity index (χ1) is 6.73. The van der Waals surface area contributed by atoms with Crippen LogP contribution < -0.4 is 0 Å². The first-order valence-electron chi connectivity index (χ1n) is 4.11. The van der Waals surface area contributed by atoms with Gasteiger partial charge in [-0.2, -0.15) is 13.2 Å². The Morgan fingerprint density at radius 2 is 1.87 bits per heavy atom. The number of hydrogen-bond donors (Lipinski definition) is 0. The zero-order valence-corrected chi connectivity index (χ0v) is 8.83. The maximum absolute atomic E-state index is 12.6. The first kappa shape index (κ1) is 12.0. The molecule has 0 amide bonds. The minimum Gasteiger partial charge on any atom is -0.294 e. The molecule has 0 aliphatic carbocycles. The van der Waals surface area contributed by atoms with Gasteiger partial charge in [0.2, 0.25) is 0 Å². The molecule has 0 saturated carbocycles. The third-order valence-corrected chi connectivity index (χ3v) is 2.19. The topological polar surface area (TPSA) is 17.1 Å². The van der Waals surface area contributed by atoms with Gasteiger partial charge in [-0.05, 0) is 31.5 Å². The molecular formula is C10H8ClF3O. The zero-order chi connectivity index (χ0) is 11.8. The molecule has 0 atom stereocenters. The lowest BCUT2D eigenvalue weighted by atomic mass is 10.0. The van der Waals surface area contributed by atoms with E-state index in [1.165, 1.54) is 13.0 Å². The number of rotatable bonds is 1. The summed E-state index contributed by atoms with van der Waals surface area (Å²) in [5, 5.41) is -0.158. The number of halogens is 4. The fraction of sp³-hybridized carbons (Fsp3) is 0.300. The molecule has 1 aromatic carbocycles. The molecule has 0 bridgehead atoms. The van der Waals surface area contributed by atoms with Crippen LogP contribution in [0, 0.1) is 6.92 Å². The molecule has 0 saturated heterocycles. The highest BCUT2D eigenvalue weighted by Gasteiger charge is 2.35. The van der Waals surface area contributed by atoms with Crippen LogP contribution >= 0.6 is 11.6 Å². The number of carbonyl (C=O) groups is 1. The van der Waals surface area contributed by atoms with E-state index >= 15 is 0 Å². The summed E-state index contributed by atoms with van der Waals surface area (Å²) in [5.41, 5.74) is -1.06. The fourth-order valence-corrected chi connectivity index (χ4v) is 1.73. The predicted molar refractivity (Wildman–Crippen MR) is 51.2 cm³/mol. The molecule has 0 radical (unpaired) electrons. The number of alkyl halides is 3. The van der Waals surface area contributed by atoms with Gasteiger partial charge in [0.1, 0.15) is 0 Å². The second-order valence-electron chi connectivity index (χ2n) is 3.22. The lowest BCUT2D eigenvalue weighted by molar-refractivity contribution is -0.137. The van der Waals surface area contributed by atoms with Crippen molar-refractivity contribution in [2.24, 2.45) is 0 Å². The molecule has 0 spiro atoms. The Bertz CT molecular complexity index is 410. The summed E-state index contributed by atoms with van der Waals surface area (Å²) in [4.78, 5) is 11.1. The quantitative estimate of drug-likeness (QED) is 0.677. The maximum Gasteiger partial charge on any atom is 0.417 e. The van der Waals surface area contributed by atoms with E-state index in [2.05, 4.69) is 0 Å². The highest BCUT2D eigenvalue weighted by molar-refractivity contribution is 6.34. The van der Waals surface area contributed by atoms with E-state index in [-0.39, 0.29) is 5.02 Å². The molecule has 0 N–H and O–H groups in total. The van der Waals surface area contributed by atoms with Crippen LogP contribution in [0.3, 0.4) is 0 Å². The monoisotopic (exact) mass is 236 g/mol. The number of aryl methyl sites for hydroxylation is 1. The van der Waals surface area contributed by atoms with E-state index in [4.69, 9.17) is 11.6 Å². The second kappa shape index (κ2) is 3.85. The van der Waals surface area contributed by atoms with Gasteiger partial charge in [0.15, 0.2) is 5.78 Å². The summed E-state index contributed by atoms with van der Waals surface area (Å²) in [5.74, 6) is -0.688. The molecule has 5 heteroatoms. The van der Waals surface area contributed by atoms with Crippen LogP contribution in [0.15, 0.2) is 12.1 Å². The standard InChI is InChI=1S/C10H8ClF3O/c1-5-3-7(10(12,13)14)9(6(2)15)8(11)4-5/h3-4H,1-2H3. The largest absolute Gasteiger partial charge is 0.417 e. The van der Waals surface area contributed by atoms with Gasteiger partial charge >= 0.3 is 6.18 Å². The Balaban J connectivity index is 3.54. The van der Waals surface area contributed by atoms with Crippen LogP contribution in [-0.4, -0.2) is 5.78 Å². The molecule has 0 fully saturated rings. The van der Waals surface area contributed by atoms with Crippen LogP contribution in [0.4, 0.5) is 13.2 Å². The van der Waals surface area contributed by atoms with Gasteiger partial charge in [0, 0.05) is 5.56 Å². The van der Waals surface area contributed by atoms with Crippen LogP contribution in [0.2, 0.25) is 5.02 Å². The molecule has 0 heterocycles. The van der Waals surface area contributed by atoms with Crippen LogP contribution in [0.25, 0.3) is 0 Å². The van der Waals surface area contributed by atoms with Crippen molar-refractivity contribution in [3.8, 4) is 0 Å². The summed E-state index contributed by atoms with van der Waals surface area (Å²) in [6.07, 6.45) is -4.56. The number of carbonyl (C=O) groups excluding carboxylic acids is 1. The lowest BCUT2D eigenvalue weighted by Crippen LogP contribution is -2.12. The van der Waals surface area contributed by atoms with Crippen LogP contribution in [0.5, 0.6) is 0 Å². The minimum atomic E-state index is -4.56. The first-order valence-corrected chi connectivity index (χ1v) is 4.49. The van der Waals surface area contributed by atoms with Crippen molar-refractivity contribution in [2.45, 2.75) is 20.0 Å². The minimum absolute atomic E-state index is 0.158. The Morgan fingerprint density at radius 1 is 1.33 bits per heavy atom. The van der Waals surface area contributed by atoms with Gasteiger partial charge in [-0.25, -0.2) is 0 Å². The number of Topliss-reactive ketones (excluding diaryl/α,β-unsaturated/α-hetero) is 1. The Labute approximate surface area is 89.9 Å². The normalized spacial score (nSPS) is 11.6. The summed E-state index contributed by atoms with van der Waals surface area (Å²) >= 11 is 5.61. The van der Waals surface area contributed by atoms with E-state index in [0.29, 0.717) is 5.56 Å².